The first-order valence-electron chi connectivity index (χ1n) is 5.48. The molecular weight excluding hydrogens is 274 g/mol. The largest absolute Gasteiger partial charge is 0.327 e. The van der Waals surface area contributed by atoms with Gasteiger partial charge in [-0.25, -0.2) is 18.1 Å². The Hall–Kier alpha value is -1.11. The maximum atomic E-state index is 11.2. The van der Waals surface area contributed by atoms with Crippen molar-refractivity contribution in [3.8, 4) is 0 Å². The molecule has 0 radical (unpaired) electrons. The summed E-state index contributed by atoms with van der Waals surface area (Å²) in [7, 11) is -3.36. The molecule has 1 N–H and O–H groups in total. The minimum absolute atomic E-state index is 0.302. The molecule has 0 fully saturated rings. The van der Waals surface area contributed by atoms with Crippen LogP contribution < -0.4 is 4.72 Å². The second kappa shape index (κ2) is 5.26. The van der Waals surface area contributed by atoms with Crippen LogP contribution in [0.15, 0.2) is 24.3 Å². The zero-order chi connectivity index (χ0) is 13.2. The molecule has 1 aromatic carbocycles. The molecular formula is C11H14ClN3O2S. The Kier molecular flexibility index (Phi) is 3.89. The van der Waals surface area contributed by atoms with E-state index in [0.29, 0.717) is 13.1 Å². The lowest BCUT2D eigenvalue weighted by Gasteiger charge is -2.07. The Morgan fingerprint density at radius 2 is 2.11 bits per heavy atom. The lowest BCUT2D eigenvalue weighted by Crippen LogP contribution is -2.28. The topological polar surface area (TPSA) is 64.0 Å². The number of alkyl halides is 1. The van der Waals surface area contributed by atoms with Gasteiger partial charge in [0, 0.05) is 13.1 Å². The molecule has 1 heterocycles. The molecule has 0 aliphatic heterocycles. The number of aryl methyl sites for hydroxylation is 1. The summed E-state index contributed by atoms with van der Waals surface area (Å²) in [5.74, 6) is 0.862. The molecule has 0 atom stereocenters. The van der Waals surface area contributed by atoms with Crippen molar-refractivity contribution in [1.82, 2.24) is 14.3 Å². The van der Waals surface area contributed by atoms with Crippen LogP contribution >= 0.6 is 11.6 Å². The molecule has 1 aromatic heterocycles. The van der Waals surface area contributed by atoms with Gasteiger partial charge in [0.25, 0.3) is 0 Å². The van der Waals surface area contributed by atoms with E-state index in [9.17, 15) is 8.42 Å². The molecule has 0 aliphatic rings. The molecule has 0 saturated heterocycles. The molecule has 5 nitrogen and oxygen atoms in total. The normalized spacial score (nSPS) is 12.1. The monoisotopic (exact) mass is 287 g/mol. The van der Waals surface area contributed by atoms with E-state index in [-0.39, 0.29) is 0 Å². The number of rotatable bonds is 5. The summed E-state index contributed by atoms with van der Waals surface area (Å²) < 4.78 is 26.8. The minimum atomic E-state index is -3.36. The van der Waals surface area contributed by atoms with Crippen molar-refractivity contribution in [3.63, 3.8) is 0 Å². The fourth-order valence-electron chi connectivity index (χ4n) is 1.83. The second-order valence-electron chi connectivity index (χ2n) is 3.92. The van der Waals surface area contributed by atoms with Crippen LogP contribution in [0.1, 0.15) is 5.82 Å². The predicted octanol–water partition coefficient (Wildman–Crippen LogP) is 1.46. The average Bonchev–Trinajstić information content (AvgIpc) is 2.66. The molecule has 98 valence electrons. The number of fused-ring (bicyclic) bond motifs is 1. The molecule has 0 amide bonds. The van der Waals surface area contributed by atoms with Crippen molar-refractivity contribution in [3.05, 3.63) is 30.1 Å². The van der Waals surface area contributed by atoms with Crippen LogP contribution in [0.2, 0.25) is 0 Å². The number of aromatic nitrogens is 2. The molecule has 0 aliphatic carbocycles. The molecule has 0 spiro atoms. The standard InChI is InChI=1S/C11H14ClN3O2S/c1-9-14-10-4-2-3-5-11(10)15(9)7-6-13-18(16,17)8-12/h2-5,13H,6-8H2,1H3. The van der Waals surface area contributed by atoms with Crippen LogP contribution in [0.25, 0.3) is 11.0 Å². The summed E-state index contributed by atoms with van der Waals surface area (Å²) in [6.45, 7) is 2.73. The Labute approximate surface area is 111 Å². The van der Waals surface area contributed by atoms with E-state index in [1.165, 1.54) is 0 Å². The summed E-state index contributed by atoms with van der Waals surface area (Å²) >= 11 is 5.31. The highest BCUT2D eigenvalue weighted by Gasteiger charge is 2.09. The van der Waals surface area contributed by atoms with Gasteiger partial charge in [-0.15, -0.1) is 11.6 Å². The van der Waals surface area contributed by atoms with Gasteiger partial charge < -0.3 is 4.57 Å². The zero-order valence-corrected chi connectivity index (χ0v) is 11.5. The molecule has 2 aromatic rings. The van der Waals surface area contributed by atoms with Crippen LogP contribution in [-0.2, 0) is 16.6 Å². The van der Waals surface area contributed by atoms with E-state index in [1.807, 2.05) is 35.8 Å². The first-order valence-corrected chi connectivity index (χ1v) is 7.67. The van der Waals surface area contributed by atoms with Crippen molar-refractivity contribution in [1.29, 1.82) is 0 Å². The Balaban J connectivity index is 2.15. The van der Waals surface area contributed by atoms with Crippen LogP contribution in [0.3, 0.4) is 0 Å². The molecule has 7 heteroatoms. The summed E-state index contributed by atoms with van der Waals surface area (Å²) in [5.41, 5.74) is 1.91. The lowest BCUT2D eigenvalue weighted by molar-refractivity contribution is 0.577. The highest BCUT2D eigenvalue weighted by Crippen LogP contribution is 2.14. The number of benzene rings is 1. The summed E-state index contributed by atoms with van der Waals surface area (Å²) in [6.07, 6.45) is 0. The first-order chi connectivity index (χ1) is 8.53. The SMILES string of the molecule is Cc1nc2ccccc2n1CCNS(=O)(=O)CCl. The fraction of sp³-hybridized carbons (Fsp3) is 0.364. The number of hydrogen-bond acceptors (Lipinski definition) is 3. The number of nitrogens with zero attached hydrogens (tertiary/aromatic N) is 2. The Morgan fingerprint density at radius 3 is 2.83 bits per heavy atom. The van der Waals surface area contributed by atoms with E-state index in [4.69, 9.17) is 11.6 Å². The van der Waals surface area contributed by atoms with Crippen molar-refractivity contribution < 1.29 is 8.42 Å². The molecule has 0 bridgehead atoms. The third-order valence-corrected chi connectivity index (χ3v) is 4.44. The van der Waals surface area contributed by atoms with Crippen molar-refractivity contribution in [2.75, 3.05) is 11.8 Å². The summed E-state index contributed by atoms with van der Waals surface area (Å²) in [6, 6.07) is 7.76. The second-order valence-corrected chi connectivity index (χ2v) is 6.31. The molecule has 18 heavy (non-hydrogen) atoms. The van der Waals surface area contributed by atoms with Gasteiger partial charge in [0.15, 0.2) is 0 Å². The molecule has 0 unspecified atom stereocenters. The van der Waals surface area contributed by atoms with E-state index < -0.39 is 15.2 Å². The van der Waals surface area contributed by atoms with Crippen molar-refractivity contribution in [2.45, 2.75) is 13.5 Å². The van der Waals surface area contributed by atoms with Gasteiger partial charge in [-0.1, -0.05) is 12.1 Å². The number of hydrogen-bond donors (Lipinski definition) is 1. The molecule has 0 saturated carbocycles. The maximum Gasteiger partial charge on any atom is 0.225 e. The van der Waals surface area contributed by atoms with Crippen LogP contribution in [0.4, 0.5) is 0 Å². The van der Waals surface area contributed by atoms with Crippen LogP contribution in [-0.4, -0.2) is 29.7 Å². The number of imidazole rings is 1. The van der Waals surface area contributed by atoms with Gasteiger partial charge >= 0.3 is 0 Å². The van der Waals surface area contributed by atoms with E-state index in [2.05, 4.69) is 9.71 Å². The highest BCUT2D eigenvalue weighted by atomic mass is 35.5. The van der Waals surface area contributed by atoms with E-state index in [1.54, 1.807) is 0 Å². The van der Waals surface area contributed by atoms with Gasteiger partial charge in [0.2, 0.25) is 10.0 Å². The maximum absolute atomic E-state index is 11.2. The number of halogens is 1. The van der Waals surface area contributed by atoms with Gasteiger partial charge in [-0.2, -0.15) is 0 Å². The zero-order valence-electron chi connectivity index (χ0n) is 9.93. The van der Waals surface area contributed by atoms with E-state index in [0.717, 1.165) is 16.9 Å². The lowest BCUT2D eigenvalue weighted by atomic mass is 10.3. The van der Waals surface area contributed by atoms with E-state index >= 15 is 0 Å². The predicted molar refractivity (Wildman–Crippen MR) is 72.1 cm³/mol. The van der Waals surface area contributed by atoms with Crippen LogP contribution in [0.5, 0.6) is 0 Å². The molecule has 2 rings (SSSR count). The fourth-order valence-corrected chi connectivity index (χ4v) is 2.54. The van der Waals surface area contributed by atoms with Gasteiger partial charge in [-0.05, 0) is 19.1 Å². The Morgan fingerprint density at radius 1 is 1.39 bits per heavy atom. The minimum Gasteiger partial charge on any atom is -0.327 e. The van der Waals surface area contributed by atoms with Gasteiger partial charge in [-0.3, -0.25) is 0 Å². The van der Waals surface area contributed by atoms with Crippen LogP contribution in [0, 0.1) is 6.92 Å². The first kappa shape index (κ1) is 13.3. The Bertz CT molecular complexity index is 651. The summed E-state index contributed by atoms with van der Waals surface area (Å²) in [4.78, 5) is 4.41. The number of sulfonamides is 1. The highest BCUT2D eigenvalue weighted by molar-refractivity contribution is 7.90. The van der Waals surface area contributed by atoms with Gasteiger partial charge in [0.05, 0.1) is 11.0 Å². The smallest absolute Gasteiger partial charge is 0.225 e. The van der Waals surface area contributed by atoms with Crippen molar-refractivity contribution >= 4 is 32.7 Å². The van der Waals surface area contributed by atoms with Crippen molar-refractivity contribution in [2.24, 2.45) is 0 Å². The summed E-state index contributed by atoms with van der Waals surface area (Å²) in [5, 5.41) is -0.420. The third kappa shape index (κ3) is 2.82. The third-order valence-electron chi connectivity index (χ3n) is 2.65. The average molecular weight is 288 g/mol. The van der Waals surface area contributed by atoms with Gasteiger partial charge in [0.1, 0.15) is 11.0 Å². The number of nitrogens with one attached hydrogen (secondary N) is 1. The quantitative estimate of drug-likeness (QED) is 0.847. The number of para-hydroxylation sites is 2.